The molecule has 10 heavy (non-hydrogen) atoms. The van der Waals surface area contributed by atoms with Crippen molar-refractivity contribution in [1.29, 1.82) is 0 Å². The second-order valence-electron chi connectivity index (χ2n) is 1.89. The molecular formula is C6H8O2S2. The number of allylic oxidation sites excluding steroid dienone is 1. The summed E-state index contributed by atoms with van der Waals surface area (Å²) in [5, 5.41) is -0.192. The van der Waals surface area contributed by atoms with Crippen LogP contribution < -0.4 is 0 Å². The lowest BCUT2D eigenvalue weighted by Gasteiger charge is -2.15. The van der Waals surface area contributed by atoms with Crippen molar-refractivity contribution >= 4 is 29.5 Å². The minimum absolute atomic E-state index is 0.192. The number of thioether (sulfide) groups is 1. The van der Waals surface area contributed by atoms with Gasteiger partial charge in [0, 0.05) is 5.75 Å². The van der Waals surface area contributed by atoms with E-state index < -0.39 is 0 Å². The Bertz CT molecular complexity index is 186. The second-order valence-corrected chi connectivity index (χ2v) is 3.40. The largest absolute Gasteiger partial charge is 0.496 e. The molecule has 0 spiro atoms. The zero-order valence-electron chi connectivity index (χ0n) is 5.59. The van der Waals surface area contributed by atoms with Gasteiger partial charge in [0.15, 0.2) is 0 Å². The van der Waals surface area contributed by atoms with Gasteiger partial charge in [-0.05, 0) is 6.92 Å². The first-order valence-corrected chi connectivity index (χ1v) is 4.35. The van der Waals surface area contributed by atoms with Gasteiger partial charge in [0.2, 0.25) is 5.12 Å². The maximum atomic E-state index is 10.7. The number of carbonyl (C=O) groups excluding carboxylic acids is 1. The molecule has 0 aliphatic carbocycles. The summed E-state index contributed by atoms with van der Waals surface area (Å²) in [4.78, 5) is 11.4. The maximum Gasteiger partial charge on any atom is 0.226 e. The highest BCUT2D eigenvalue weighted by Gasteiger charge is 2.14. The van der Waals surface area contributed by atoms with Crippen molar-refractivity contribution < 1.29 is 9.53 Å². The van der Waals surface area contributed by atoms with Crippen molar-refractivity contribution in [3.63, 3.8) is 0 Å². The van der Waals surface area contributed by atoms with E-state index in [1.807, 2.05) is 0 Å². The fraction of sp³-hybridized carbons (Fsp3) is 0.500. The molecule has 0 bridgehead atoms. The summed E-state index contributed by atoms with van der Waals surface area (Å²) in [5.41, 5.74) is 0. The molecule has 1 aliphatic rings. The van der Waals surface area contributed by atoms with Crippen LogP contribution in [0.3, 0.4) is 0 Å². The lowest BCUT2D eigenvalue weighted by molar-refractivity contribution is -0.107. The average molecular weight is 176 g/mol. The number of rotatable bonds is 1. The summed E-state index contributed by atoms with van der Waals surface area (Å²) in [5.74, 6) is 1.55. The molecule has 0 radical (unpaired) electrons. The Morgan fingerprint density at radius 1 is 1.80 bits per heavy atom. The molecule has 1 aliphatic heterocycles. The summed E-state index contributed by atoms with van der Waals surface area (Å²) in [6.45, 7) is 2.48. The number of carbonyl (C=O) groups is 1. The summed E-state index contributed by atoms with van der Waals surface area (Å²) < 4.78 is 5.14. The van der Waals surface area contributed by atoms with Gasteiger partial charge in [0.1, 0.15) is 5.76 Å². The van der Waals surface area contributed by atoms with E-state index >= 15 is 0 Å². The summed E-state index contributed by atoms with van der Waals surface area (Å²) >= 11 is 5.21. The SMILES string of the molecule is CC1=C(C(=O)S)SCCO1. The predicted octanol–water partition coefficient (Wildman–Crippen LogP) is 1.44. The van der Waals surface area contributed by atoms with Crippen molar-refractivity contribution in [3.05, 3.63) is 10.7 Å². The van der Waals surface area contributed by atoms with Crippen LogP contribution in [0.1, 0.15) is 6.92 Å². The molecule has 0 aromatic rings. The van der Waals surface area contributed by atoms with E-state index in [0.717, 1.165) is 5.75 Å². The van der Waals surface area contributed by atoms with Gasteiger partial charge in [-0.1, -0.05) is 12.6 Å². The third-order valence-electron chi connectivity index (χ3n) is 1.16. The van der Waals surface area contributed by atoms with E-state index in [1.165, 1.54) is 11.8 Å². The summed E-state index contributed by atoms with van der Waals surface area (Å²) in [6, 6.07) is 0. The molecule has 0 aromatic heterocycles. The van der Waals surface area contributed by atoms with Gasteiger partial charge in [-0.3, -0.25) is 4.79 Å². The van der Waals surface area contributed by atoms with E-state index in [9.17, 15) is 4.79 Å². The first kappa shape index (κ1) is 8.01. The summed E-state index contributed by atoms with van der Waals surface area (Å²) in [7, 11) is 0. The van der Waals surface area contributed by atoms with Crippen LogP contribution in [0.2, 0.25) is 0 Å². The van der Waals surface area contributed by atoms with Gasteiger partial charge in [-0.2, -0.15) is 0 Å². The maximum absolute atomic E-state index is 10.7. The molecule has 56 valence electrons. The number of hydrogen-bond donors (Lipinski definition) is 1. The van der Waals surface area contributed by atoms with Gasteiger partial charge >= 0.3 is 0 Å². The smallest absolute Gasteiger partial charge is 0.226 e. The van der Waals surface area contributed by atoms with Gasteiger partial charge in [0.25, 0.3) is 0 Å². The monoisotopic (exact) mass is 176 g/mol. The number of thiol groups is 1. The fourth-order valence-electron chi connectivity index (χ4n) is 0.718. The molecule has 4 heteroatoms. The zero-order chi connectivity index (χ0) is 7.56. The first-order valence-electron chi connectivity index (χ1n) is 2.91. The van der Waals surface area contributed by atoms with Crippen LogP contribution in [-0.2, 0) is 9.53 Å². The molecule has 0 saturated carbocycles. The average Bonchev–Trinajstić information content (AvgIpc) is 1.88. The zero-order valence-corrected chi connectivity index (χ0v) is 7.30. The van der Waals surface area contributed by atoms with E-state index in [2.05, 4.69) is 12.6 Å². The molecule has 0 atom stereocenters. The second kappa shape index (κ2) is 3.34. The van der Waals surface area contributed by atoms with Crippen molar-refractivity contribution in [3.8, 4) is 0 Å². The van der Waals surface area contributed by atoms with Gasteiger partial charge in [-0.25, -0.2) is 0 Å². The predicted molar refractivity (Wildman–Crippen MR) is 45.1 cm³/mol. The fourth-order valence-corrected chi connectivity index (χ4v) is 1.83. The van der Waals surface area contributed by atoms with Gasteiger partial charge in [0.05, 0.1) is 11.5 Å². The molecule has 0 aromatic carbocycles. The molecule has 0 unspecified atom stereocenters. The van der Waals surface area contributed by atoms with Crippen LogP contribution in [0.5, 0.6) is 0 Å². The summed E-state index contributed by atoms with van der Waals surface area (Å²) in [6.07, 6.45) is 0. The third kappa shape index (κ3) is 1.70. The Morgan fingerprint density at radius 3 is 2.90 bits per heavy atom. The van der Waals surface area contributed by atoms with Crippen LogP contribution >= 0.6 is 24.4 Å². The minimum atomic E-state index is -0.192. The van der Waals surface area contributed by atoms with Crippen LogP contribution in [0.4, 0.5) is 0 Å². The lowest BCUT2D eigenvalue weighted by atomic mass is 10.5. The van der Waals surface area contributed by atoms with Crippen molar-refractivity contribution in [2.75, 3.05) is 12.4 Å². The molecular weight excluding hydrogens is 168 g/mol. The minimum Gasteiger partial charge on any atom is -0.496 e. The Hall–Kier alpha value is -0.0900. The number of ether oxygens (including phenoxy) is 1. The quantitative estimate of drug-likeness (QED) is 0.612. The molecule has 0 N–H and O–H groups in total. The van der Waals surface area contributed by atoms with Crippen molar-refractivity contribution in [2.45, 2.75) is 6.92 Å². The van der Waals surface area contributed by atoms with Gasteiger partial charge < -0.3 is 4.74 Å². The molecule has 0 amide bonds. The number of hydrogen-bond acceptors (Lipinski definition) is 3. The van der Waals surface area contributed by atoms with Crippen molar-refractivity contribution in [1.82, 2.24) is 0 Å². The Balaban J connectivity index is 2.78. The molecule has 2 nitrogen and oxygen atoms in total. The van der Waals surface area contributed by atoms with E-state index in [4.69, 9.17) is 4.74 Å². The molecule has 0 fully saturated rings. The van der Waals surface area contributed by atoms with E-state index in [1.54, 1.807) is 6.92 Å². The van der Waals surface area contributed by atoms with Gasteiger partial charge in [-0.15, -0.1) is 11.8 Å². The Kier molecular flexibility index (Phi) is 2.68. The molecule has 0 saturated heterocycles. The Labute approximate surface area is 69.4 Å². The van der Waals surface area contributed by atoms with E-state index in [0.29, 0.717) is 17.3 Å². The van der Waals surface area contributed by atoms with Crippen LogP contribution in [0, 0.1) is 0 Å². The highest BCUT2D eigenvalue weighted by atomic mass is 32.2. The normalized spacial score (nSPS) is 18.6. The highest BCUT2D eigenvalue weighted by molar-refractivity contribution is 8.08. The standard InChI is InChI=1S/C6H8O2S2/c1-4-5(6(7)9)10-3-2-8-4/h2-3H2,1H3,(H,7,9). The van der Waals surface area contributed by atoms with Crippen LogP contribution in [0.25, 0.3) is 0 Å². The Morgan fingerprint density at radius 2 is 2.50 bits per heavy atom. The van der Waals surface area contributed by atoms with Crippen LogP contribution in [0.15, 0.2) is 10.7 Å². The van der Waals surface area contributed by atoms with Crippen LogP contribution in [-0.4, -0.2) is 17.5 Å². The highest BCUT2D eigenvalue weighted by Crippen LogP contribution is 2.26. The topological polar surface area (TPSA) is 26.3 Å². The third-order valence-corrected chi connectivity index (χ3v) is 2.67. The van der Waals surface area contributed by atoms with Crippen molar-refractivity contribution in [2.24, 2.45) is 0 Å². The lowest BCUT2D eigenvalue weighted by Crippen LogP contribution is -2.07. The molecule has 1 rings (SSSR count). The van der Waals surface area contributed by atoms with E-state index in [-0.39, 0.29) is 5.12 Å². The first-order chi connectivity index (χ1) is 4.72. The molecule has 1 heterocycles.